The Morgan fingerprint density at radius 2 is 2.03 bits per heavy atom. The minimum Gasteiger partial charge on any atom is -0.459 e. The molecule has 0 spiro atoms. The van der Waals surface area contributed by atoms with Gasteiger partial charge in [-0.05, 0) is 42.9 Å². The Morgan fingerprint density at radius 3 is 2.82 bits per heavy atom. The molecule has 6 rings (SSSR count). The second kappa shape index (κ2) is 8.70. The van der Waals surface area contributed by atoms with Crippen LogP contribution in [0.25, 0.3) is 15.9 Å². The van der Waals surface area contributed by atoms with Gasteiger partial charge in [0, 0.05) is 31.1 Å². The lowest BCUT2D eigenvalue weighted by Crippen LogP contribution is -2.51. The van der Waals surface area contributed by atoms with Gasteiger partial charge < -0.3 is 14.2 Å². The molecule has 1 fully saturated rings. The van der Waals surface area contributed by atoms with Crippen molar-refractivity contribution in [2.45, 2.75) is 31.3 Å². The average molecular weight is 497 g/mol. The highest BCUT2D eigenvalue weighted by molar-refractivity contribution is 7.99. The summed E-state index contributed by atoms with van der Waals surface area (Å²) in [5.74, 6) is 1.20. The van der Waals surface area contributed by atoms with Crippen LogP contribution in [0, 0.1) is 5.92 Å². The molecule has 4 aromatic heterocycles. The van der Waals surface area contributed by atoms with Crippen LogP contribution in [0.2, 0.25) is 0 Å². The average Bonchev–Trinajstić information content (AvgIpc) is 3.60. The summed E-state index contributed by atoms with van der Waals surface area (Å²) in [6.07, 6.45) is 6.61. The molecule has 11 heteroatoms. The number of thioether (sulfide) groups is 1. The first kappa shape index (κ1) is 21.6. The standard InChI is InChI=1S/C23H24N6O3S2/c1-14-4-5-15-17(11-14)34-21-19(15)20-25-26-23(29(20)13-24-21)33-12-18(30)27-6-8-28(9-7-27)22(31)16-3-2-10-32-16/h2-3,10,13-14H,4-9,11-12H2,1H3/t14-/m1/s1. The second-order valence-electron chi connectivity index (χ2n) is 8.89. The SMILES string of the molecule is C[C@@H]1CCc2c(sc3ncn4c(SCC(=O)N5CCN(C(=O)c6ccco6)CC5)nnc4c23)C1. The van der Waals surface area contributed by atoms with Gasteiger partial charge in [0.15, 0.2) is 16.6 Å². The molecule has 0 radical (unpaired) electrons. The van der Waals surface area contributed by atoms with Crippen molar-refractivity contribution in [2.24, 2.45) is 5.92 Å². The molecule has 0 bridgehead atoms. The lowest BCUT2D eigenvalue weighted by Gasteiger charge is -2.34. The van der Waals surface area contributed by atoms with Crippen molar-refractivity contribution in [1.82, 2.24) is 29.4 Å². The third-order valence-electron chi connectivity index (χ3n) is 6.65. The van der Waals surface area contributed by atoms with Crippen molar-refractivity contribution in [2.75, 3.05) is 31.9 Å². The third kappa shape index (κ3) is 3.76. The maximum atomic E-state index is 12.8. The fourth-order valence-corrected chi connectivity index (χ4v) is 6.90. The predicted molar refractivity (Wildman–Crippen MR) is 129 cm³/mol. The number of carbonyl (C=O) groups is 2. The van der Waals surface area contributed by atoms with Crippen LogP contribution in [0.15, 0.2) is 34.3 Å². The van der Waals surface area contributed by atoms with Gasteiger partial charge in [0.25, 0.3) is 5.91 Å². The first-order valence-corrected chi connectivity index (χ1v) is 13.3. The van der Waals surface area contributed by atoms with Crippen LogP contribution >= 0.6 is 23.1 Å². The van der Waals surface area contributed by atoms with E-state index in [0.29, 0.717) is 43.0 Å². The van der Waals surface area contributed by atoms with E-state index < -0.39 is 0 Å². The van der Waals surface area contributed by atoms with E-state index in [-0.39, 0.29) is 17.6 Å². The molecule has 2 aliphatic rings. The Bertz CT molecular complexity index is 1370. The maximum Gasteiger partial charge on any atom is 0.289 e. The molecule has 0 unspecified atom stereocenters. The van der Waals surface area contributed by atoms with E-state index in [1.165, 1.54) is 34.9 Å². The molecule has 5 heterocycles. The van der Waals surface area contributed by atoms with Crippen molar-refractivity contribution >= 4 is 50.8 Å². The van der Waals surface area contributed by atoms with Gasteiger partial charge >= 0.3 is 0 Å². The van der Waals surface area contributed by atoms with Crippen LogP contribution in [0.1, 0.15) is 34.3 Å². The Kier molecular flexibility index (Phi) is 5.53. The number of aromatic nitrogens is 4. The normalized spacial score (nSPS) is 18.6. The number of hydrogen-bond acceptors (Lipinski definition) is 8. The summed E-state index contributed by atoms with van der Waals surface area (Å²) in [6.45, 7) is 4.30. The largest absolute Gasteiger partial charge is 0.459 e. The van der Waals surface area contributed by atoms with Crippen LogP contribution < -0.4 is 0 Å². The number of nitrogens with zero attached hydrogens (tertiary/aromatic N) is 6. The number of piperazine rings is 1. The van der Waals surface area contributed by atoms with E-state index in [1.54, 1.807) is 39.6 Å². The van der Waals surface area contributed by atoms with Gasteiger partial charge in [-0.1, -0.05) is 18.7 Å². The summed E-state index contributed by atoms with van der Waals surface area (Å²) < 4.78 is 7.11. The van der Waals surface area contributed by atoms with Gasteiger partial charge in [0.2, 0.25) is 5.91 Å². The summed E-state index contributed by atoms with van der Waals surface area (Å²) in [4.78, 5) is 35.9. The topological polar surface area (TPSA) is 96.8 Å². The van der Waals surface area contributed by atoms with E-state index in [2.05, 4.69) is 22.1 Å². The van der Waals surface area contributed by atoms with Gasteiger partial charge in [-0.15, -0.1) is 21.5 Å². The number of thiophene rings is 1. The highest BCUT2D eigenvalue weighted by Gasteiger charge is 2.27. The molecule has 1 aliphatic carbocycles. The zero-order chi connectivity index (χ0) is 23.2. The zero-order valence-electron chi connectivity index (χ0n) is 18.8. The Labute approximate surface area is 204 Å². The van der Waals surface area contributed by atoms with Crippen LogP contribution in [-0.4, -0.2) is 73.1 Å². The number of rotatable bonds is 4. The Morgan fingerprint density at radius 1 is 1.21 bits per heavy atom. The first-order valence-electron chi connectivity index (χ1n) is 11.5. The summed E-state index contributed by atoms with van der Waals surface area (Å²) >= 11 is 3.15. The second-order valence-corrected chi connectivity index (χ2v) is 10.9. The molecule has 0 N–H and O–H groups in total. The fraction of sp³-hybridized carbons (Fsp3) is 0.435. The number of furan rings is 1. The molecule has 1 aliphatic heterocycles. The molecule has 1 saturated heterocycles. The maximum absolute atomic E-state index is 12.8. The molecule has 1 atom stereocenters. The van der Waals surface area contributed by atoms with E-state index >= 15 is 0 Å². The van der Waals surface area contributed by atoms with Gasteiger partial charge in [-0.25, -0.2) is 4.98 Å². The number of amides is 2. The molecule has 2 amide bonds. The minimum absolute atomic E-state index is 0.0304. The Balaban J connectivity index is 1.12. The monoisotopic (exact) mass is 496 g/mol. The van der Waals surface area contributed by atoms with Gasteiger partial charge in [0.05, 0.1) is 17.4 Å². The molecule has 0 aromatic carbocycles. The molecule has 0 saturated carbocycles. The van der Waals surface area contributed by atoms with E-state index in [9.17, 15) is 9.59 Å². The van der Waals surface area contributed by atoms with Crippen LogP contribution in [0.5, 0.6) is 0 Å². The zero-order valence-corrected chi connectivity index (χ0v) is 20.4. The number of aryl methyl sites for hydroxylation is 1. The highest BCUT2D eigenvalue weighted by atomic mass is 32.2. The number of carbonyl (C=O) groups excluding carboxylic acids is 2. The summed E-state index contributed by atoms with van der Waals surface area (Å²) in [6, 6.07) is 3.36. The van der Waals surface area contributed by atoms with Gasteiger partial charge in [-0.2, -0.15) is 0 Å². The molecule has 4 aromatic rings. The molecular weight excluding hydrogens is 472 g/mol. The van der Waals surface area contributed by atoms with Crippen molar-refractivity contribution in [3.63, 3.8) is 0 Å². The van der Waals surface area contributed by atoms with Gasteiger partial charge in [0.1, 0.15) is 11.2 Å². The first-order chi connectivity index (χ1) is 16.6. The quantitative estimate of drug-likeness (QED) is 0.401. The number of hydrogen-bond donors (Lipinski definition) is 0. The lowest BCUT2D eigenvalue weighted by molar-refractivity contribution is -0.129. The molecule has 9 nitrogen and oxygen atoms in total. The van der Waals surface area contributed by atoms with Crippen LogP contribution in [0.4, 0.5) is 0 Å². The summed E-state index contributed by atoms with van der Waals surface area (Å²) in [5.41, 5.74) is 2.20. The van der Waals surface area contributed by atoms with Gasteiger partial charge in [-0.3, -0.25) is 14.0 Å². The van der Waals surface area contributed by atoms with Crippen LogP contribution in [0.3, 0.4) is 0 Å². The summed E-state index contributed by atoms with van der Waals surface area (Å²) in [5, 5.41) is 10.6. The smallest absolute Gasteiger partial charge is 0.289 e. The molecular formula is C23H24N6O3S2. The predicted octanol–water partition coefficient (Wildman–Crippen LogP) is 3.13. The van der Waals surface area contributed by atoms with Crippen molar-refractivity contribution in [3.05, 3.63) is 40.9 Å². The fourth-order valence-electron chi connectivity index (χ4n) is 4.75. The van der Waals surface area contributed by atoms with Crippen molar-refractivity contribution in [3.8, 4) is 0 Å². The third-order valence-corrected chi connectivity index (χ3v) is 8.74. The Hall–Kier alpha value is -2.92. The van der Waals surface area contributed by atoms with Crippen molar-refractivity contribution in [1.29, 1.82) is 0 Å². The van der Waals surface area contributed by atoms with Crippen molar-refractivity contribution < 1.29 is 14.0 Å². The lowest BCUT2D eigenvalue weighted by atomic mass is 9.89. The van der Waals surface area contributed by atoms with Crippen LogP contribution in [-0.2, 0) is 17.6 Å². The molecule has 34 heavy (non-hydrogen) atoms. The van der Waals surface area contributed by atoms with E-state index in [0.717, 1.165) is 28.7 Å². The number of fused-ring (bicyclic) bond motifs is 5. The summed E-state index contributed by atoms with van der Waals surface area (Å²) in [7, 11) is 0. The van der Waals surface area contributed by atoms with E-state index in [4.69, 9.17) is 4.42 Å². The molecule has 176 valence electrons. The minimum atomic E-state index is -0.134. The van der Waals surface area contributed by atoms with E-state index in [1.807, 2.05) is 4.40 Å². The highest BCUT2D eigenvalue weighted by Crippen LogP contribution is 2.39.